The molecule has 5 nitrogen and oxygen atoms in total. The molecule has 0 saturated heterocycles. The van der Waals surface area contributed by atoms with Gasteiger partial charge in [0.2, 0.25) is 0 Å². The highest BCUT2D eigenvalue weighted by molar-refractivity contribution is 7.98. The first-order valence-corrected chi connectivity index (χ1v) is 10.3. The highest BCUT2D eigenvalue weighted by atomic mass is 32.2. The Morgan fingerprint density at radius 3 is 2.48 bits per heavy atom. The van der Waals surface area contributed by atoms with Crippen LogP contribution in [0.2, 0.25) is 0 Å². The van der Waals surface area contributed by atoms with Crippen LogP contribution in [0.3, 0.4) is 0 Å². The normalized spacial score (nSPS) is 11.3. The quantitative estimate of drug-likeness (QED) is 0.266. The molecule has 0 amide bonds. The van der Waals surface area contributed by atoms with Gasteiger partial charge >= 0.3 is 0 Å². The maximum atomic E-state index is 5.05. The van der Waals surface area contributed by atoms with E-state index < -0.39 is 0 Å². The maximum Gasteiger partial charge on any atom is 0.191 e. The van der Waals surface area contributed by atoms with Crippen LogP contribution in [0.25, 0.3) is 0 Å². The van der Waals surface area contributed by atoms with Crippen molar-refractivity contribution in [2.24, 2.45) is 4.99 Å². The number of hydrogen-bond acceptors (Lipinski definition) is 4. The standard InChI is InChI=1S/C21H30N4OS/c1-16-5-8-18(20(13-16)27-4)15-25-21(22-2)24-14-17-6-9-19(10-7-17)23-11-12-26-3/h5-10,13,23H,11-12,14-15H2,1-4H3,(H2,22,24,25). The van der Waals surface area contributed by atoms with Gasteiger partial charge in [-0.2, -0.15) is 0 Å². The molecule has 0 radical (unpaired) electrons. The molecule has 0 spiro atoms. The molecule has 0 fully saturated rings. The van der Waals surface area contributed by atoms with E-state index >= 15 is 0 Å². The first kappa shape index (κ1) is 21.1. The average Bonchev–Trinajstić information content (AvgIpc) is 2.70. The molecule has 0 aliphatic heterocycles. The summed E-state index contributed by atoms with van der Waals surface area (Å²) in [5.41, 5.74) is 4.87. The minimum Gasteiger partial charge on any atom is -0.383 e. The smallest absolute Gasteiger partial charge is 0.191 e. The van der Waals surface area contributed by atoms with Gasteiger partial charge in [0.1, 0.15) is 0 Å². The second-order valence-electron chi connectivity index (χ2n) is 6.21. The first-order chi connectivity index (χ1) is 13.2. The van der Waals surface area contributed by atoms with E-state index in [9.17, 15) is 0 Å². The Labute approximate surface area is 167 Å². The summed E-state index contributed by atoms with van der Waals surface area (Å²) in [4.78, 5) is 5.62. The number of rotatable bonds is 9. The van der Waals surface area contributed by atoms with Crippen LogP contribution in [0, 0.1) is 6.92 Å². The monoisotopic (exact) mass is 386 g/mol. The van der Waals surface area contributed by atoms with E-state index in [-0.39, 0.29) is 0 Å². The lowest BCUT2D eigenvalue weighted by molar-refractivity contribution is 0.211. The Bertz CT molecular complexity index is 731. The zero-order valence-electron chi connectivity index (χ0n) is 16.6. The number of guanidine groups is 1. The lowest BCUT2D eigenvalue weighted by Gasteiger charge is -2.14. The minimum absolute atomic E-state index is 0.699. The van der Waals surface area contributed by atoms with Crippen molar-refractivity contribution in [2.45, 2.75) is 24.9 Å². The van der Waals surface area contributed by atoms with Crippen molar-refractivity contribution in [3.8, 4) is 0 Å². The molecule has 0 unspecified atom stereocenters. The molecule has 146 valence electrons. The van der Waals surface area contributed by atoms with Crippen LogP contribution in [0.4, 0.5) is 5.69 Å². The fraction of sp³-hybridized carbons (Fsp3) is 0.381. The lowest BCUT2D eigenvalue weighted by atomic mass is 10.1. The fourth-order valence-corrected chi connectivity index (χ4v) is 3.33. The van der Waals surface area contributed by atoms with Crippen LogP contribution >= 0.6 is 11.8 Å². The first-order valence-electron chi connectivity index (χ1n) is 9.06. The summed E-state index contributed by atoms with van der Waals surface area (Å²) in [6.07, 6.45) is 2.11. The third kappa shape index (κ3) is 7.15. The largest absolute Gasteiger partial charge is 0.383 e. The molecule has 3 N–H and O–H groups in total. The Morgan fingerprint density at radius 1 is 1.07 bits per heavy atom. The summed E-state index contributed by atoms with van der Waals surface area (Å²) in [5, 5.41) is 10.1. The van der Waals surface area contributed by atoms with Gasteiger partial charge in [0, 0.05) is 44.4 Å². The number of hydrogen-bond donors (Lipinski definition) is 3. The molecule has 6 heteroatoms. The number of benzene rings is 2. The zero-order chi connectivity index (χ0) is 19.5. The summed E-state index contributed by atoms with van der Waals surface area (Å²) in [6.45, 7) is 5.10. The number of thioether (sulfide) groups is 1. The average molecular weight is 387 g/mol. The van der Waals surface area contributed by atoms with Crippen molar-refractivity contribution in [1.29, 1.82) is 0 Å². The number of aryl methyl sites for hydroxylation is 1. The molecule has 0 aliphatic carbocycles. The minimum atomic E-state index is 0.699. The van der Waals surface area contributed by atoms with Crippen LogP contribution in [0.15, 0.2) is 52.4 Å². The molecule has 0 atom stereocenters. The van der Waals surface area contributed by atoms with Gasteiger partial charge in [-0.05, 0) is 48.1 Å². The number of methoxy groups -OCH3 is 1. The fourth-order valence-electron chi connectivity index (χ4n) is 2.62. The molecular formula is C21H30N4OS. The second-order valence-corrected chi connectivity index (χ2v) is 7.06. The third-order valence-corrected chi connectivity index (χ3v) is 4.98. The number of aliphatic imine (C=N–C) groups is 1. The van der Waals surface area contributed by atoms with Gasteiger partial charge in [0.05, 0.1) is 6.61 Å². The predicted octanol–water partition coefficient (Wildman–Crippen LogP) is 3.64. The van der Waals surface area contributed by atoms with Crippen LogP contribution in [-0.4, -0.2) is 39.5 Å². The molecule has 27 heavy (non-hydrogen) atoms. The Balaban J connectivity index is 1.83. The molecule has 0 saturated carbocycles. The molecule has 2 rings (SSSR count). The van der Waals surface area contributed by atoms with Gasteiger partial charge in [-0.15, -0.1) is 11.8 Å². The van der Waals surface area contributed by atoms with Crippen LogP contribution in [0.5, 0.6) is 0 Å². The Hall–Kier alpha value is -2.18. The molecule has 0 aliphatic rings. The zero-order valence-corrected chi connectivity index (χ0v) is 17.5. The SMILES string of the molecule is CN=C(NCc1ccc(NCCOC)cc1)NCc1ccc(C)cc1SC. The predicted molar refractivity (Wildman–Crippen MR) is 117 cm³/mol. The molecule has 2 aromatic rings. The van der Waals surface area contributed by atoms with Crippen LogP contribution < -0.4 is 16.0 Å². The molecule has 2 aromatic carbocycles. The second kappa shape index (κ2) is 11.5. The maximum absolute atomic E-state index is 5.05. The summed E-state index contributed by atoms with van der Waals surface area (Å²) in [6, 6.07) is 14.9. The van der Waals surface area contributed by atoms with Crippen LogP contribution in [0.1, 0.15) is 16.7 Å². The van der Waals surface area contributed by atoms with E-state index in [0.717, 1.165) is 31.3 Å². The summed E-state index contributed by atoms with van der Waals surface area (Å²) in [5.74, 6) is 0.796. The number of ether oxygens (including phenoxy) is 1. The van der Waals surface area contributed by atoms with Crippen molar-refractivity contribution in [3.63, 3.8) is 0 Å². The van der Waals surface area contributed by atoms with Crippen molar-refractivity contribution in [2.75, 3.05) is 38.9 Å². The lowest BCUT2D eigenvalue weighted by Crippen LogP contribution is -2.36. The summed E-state index contributed by atoms with van der Waals surface area (Å²) in [7, 11) is 3.50. The third-order valence-electron chi connectivity index (χ3n) is 4.16. The Kier molecular flexibility index (Phi) is 9.01. The summed E-state index contributed by atoms with van der Waals surface area (Å²) < 4.78 is 5.05. The highest BCUT2D eigenvalue weighted by Gasteiger charge is 2.04. The van der Waals surface area contributed by atoms with Crippen molar-refractivity contribution < 1.29 is 4.74 Å². The van der Waals surface area contributed by atoms with E-state index in [1.807, 2.05) is 0 Å². The van der Waals surface area contributed by atoms with Crippen molar-refractivity contribution in [3.05, 3.63) is 59.2 Å². The topological polar surface area (TPSA) is 57.7 Å². The Morgan fingerprint density at radius 2 is 1.81 bits per heavy atom. The molecule has 0 heterocycles. The van der Waals surface area contributed by atoms with Gasteiger partial charge in [-0.25, -0.2) is 0 Å². The highest BCUT2D eigenvalue weighted by Crippen LogP contribution is 2.21. The van der Waals surface area contributed by atoms with E-state index in [4.69, 9.17) is 4.74 Å². The molecular weight excluding hydrogens is 356 g/mol. The molecule has 0 aromatic heterocycles. The van der Waals surface area contributed by atoms with E-state index in [2.05, 4.69) is 76.6 Å². The van der Waals surface area contributed by atoms with Gasteiger partial charge in [-0.1, -0.05) is 24.3 Å². The van der Waals surface area contributed by atoms with Gasteiger partial charge in [0.15, 0.2) is 5.96 Å². The van der Waals surface area contributed by atoms with E-state index in [0.29, 0.717) is 6.61 Å². The number of anilines is 1. The molecule has 0 bridgehead atoms. The van der Waals surface area contributed by atoms with Gasteiger partial charge < -0.3 is 20.7 Å². The van der Waals surface area contributed by atoms with Crippen molar-refractivity contribution >= 4 is 23.4 Å². The summed E-state index contributed by atoms with van der Waals surface area (Å²) >= 11 is 1.77. The number of nitrogens with zero attached hydrogens (tertiary/aromatic N) is 1. The van der Waals surface area contributed by atoms with Crippen molar-refractivity contribution in [1.82, 2.24) is 10.6 Å². The van der Waals surface area contributed by atoms with E-state index in [1.165, 1.54) is 21.6 Å². The van der Waals surface area contributed by atoms with E-state index in [1.54, 1.807) is 25.9 Å². The van der Waals surface area contributed by atoms with Gasteiger partial charge in [0.25, 0.3) is 0 Å². The number of nitrogens with one attached hydrogen (secondary N) is 3. The van der Waals surface area contributed by atoms with Gasteiger partial charge in [-0.3, -0.25) is 4.99 Å². The van der Waals surface area contributed by atoms with Crippen LogP contribution in [-0.2, 0) is 17.8 Å².